The Bertz CT molecular complexity index is 516. The fourth-order valence-electron chi connectivity index (χ4n) is 1.27. The summed E-state index contributed by atoms with van der Waals surface area (Å²) in [5.41, 5.74) is 0.282. The number of rotatable bonds is 5. The summed E-state index contributed by atoms with van der Waals surface area (Å²) in [6, 6.07) is 7.12. The van der Waals surface area contributed by atoms with Gasteiger partial charge in [-0.1, -0.05) is 13.0 Å². The van der Waals surface area contributed by atoms with Gasteiger partial charge in [-0.3, -0.25) is 0 Å². The standard InChI is InChI=1S/C11H14N2O3S/c1-2-10(8-14)13-17(15,16)11-5-3-4-9(6-11)7-12/h3-6,10,13-14H,2,8H2,1H3. The molecule has 6 heteroatoms. The van der Waals surface area contributed by atoms with Gasteiger partial charge in [0.25, 0.3) is 0 Å². The van der Waals surface area contributed by atoms with Crippen LogP contribution in [-0.4, -0.2) is 26.2 Å². The highest BCUT2D eigenvalue weighted by molar-refractivity contribution is 7.89. The molecule has 1 rings (SSSR count). The van der Waals surface area contributed by atoms with E-state index >= 15 is 0 Å². The van der Waals surface area contributed by atoms with Gasteiger partial charge in [-0.15, -0.1) is 0 Å². The summed E-state index contributed by atoms with van der Waals surface area (Å²) in [6.45, 7) is 1.52. The number of nitriles is 1. The molecule has 0 radical (unpaired) electrons. The third kappa shape index (κ3) is 3.53. The first-order valence-corrected chi connectivity index (χ1v) is 6.65. The van der Waals surface area contributed by atoms with Crippen molar-refractivity contribution in [1.29, 1.82) is 5.26 Å². The van der Waals surface area contributed by atoms with Gasteiger partial charge in [0.15, 0.2) is 0 Å². The van der Waals surface area contributed by atoms with Crippen LogP contribution >= 0.6 is 0 Å². The Morgan fingerprint density at radius 2 is 2.24 bits per heavy atom. The molecule has 0 spiro atoms. The van der Waals surface area contributed by atoms with E-state index in [2.05, 4.69) is 4.72 Å². The normalized spacial score (nSPS) is 13.0. The first-order valence-electron chi connectivity index (χ1n) is 5.17. The molecule has 0 bridgehead atoms. The maximum absolute atomic E-state index is 11.9. The van der Waals surface area contributed by atoms with Crippen LogP contribution in [-0.2, 0) is 10.0 Å². The average molecular weight is 254 g/mol. The number of sulfonamides is 1. The lowest BCUT2D eigenvalue weighted by Gasteiger charge is -2.14. The first-order chi connectivity index (χ1) is 8.03. The van der Waals surface area contributed by atoms with E-state index < -0.39 is 16.1 Å². The highest BCUT2D eigenvalue weighted by atomic mass is 32.2. The topological polar surface area (TPSA) is 90.2 Å². The molecule has 1 unspecified atom stereocenters. The fraction of sp³-hybridized carbons (Fsp3) is 0.364. The molecule has 0 saturated carbocycles. The van der Waals surface area contributed by atoms with Crippen LogP contribution < -0.4 is 4.72 Å². The van der Waals surface area contributed by atoms with Crippen molar-refractivity contribution in [2.45, 2.75) is 24.3 Å². The van der Waals surface area contributed by atoms with Crippen molar-refractivity contribution in [3.05, 3.63) is 29.8 Å². The Balaban J connectivity index is 3.01. The van der Waals surface area contributed by atoms with E-state index in [1.54, 1.807) is 6.92 Å². The van der Waals surface area contributed by atoms with Crippen molar-refractivity contribution in [3.8, 4) is 6.07 Å². The Hall–Kier alpha value is -1.42. The highest BCUT2D eigenvalue weighted by Gasteiger charge is 2.18. The van der Waals surface area contributed by atoms with E-state index in [1.807, 2.05) is 6.07 Å². The van der Waals surface area contributed by atoms with E-state index in [9.17, 15) is 8.42 Å². The molecule has 5 nitrogen and oxygen atoms in total. The molecule has 92 valence electrons. The van der Waals surface area contributed by atoms with E-state index in [4.69, 9.17) is 10.4 Å². The summed E-state index contributed by atoms with van der Waals surface area (Å²) in [4.78, 5) is 0.0310. The van der Waals surface area contributed by atoms with Gasteiger partial charge in [0.1, 0.15) is 0 Å². The van der Waals surface area contributed by atoms with Crippen LogP contribution in [0.3, 0.4) is 0 Å². The predicted octanol–water partition coefficient (Wildman–Crippen LogP) is 0.607. The van der Waals surface area contributed by atoms with Crippen LogP contribution in [0, 0.1) is 11.3 Å². The van der Waals surface area contributed by atoms with Crippen molar-refractivity contribution in [3.63, 3.8) is 0 Å². The number of aliphatic hydroxyl groups is 1. The number of aliphatic hydroxyl groups excluding tert-OH is 1. The molecule has 0 aromatic heterocycles. The minimum atomic E-state index is -3.68. The van der Waals surface area contributed by atoms with E-state index in [1.165, 1.54) is 24.3 Å². The van der Waals surface area contributed by atoms with E-state index in [0.717, 1.165) is 0 Å². The summed E-state index contributed by atoms with van der Waals surface area (Å²) in [5.74, 6) is 0. The summed E-state index contributed by atoms with van der Waals surface area (Å²) >= 11 is 0. The van der Waals surface area contributed by atoms with Crippen LogP contribution in [0.4, 0.5) is 0 Å². The second-order valence-electron chi connectivity index (χ2n) is 3.55. The van der Waals surface area contributed by atoms with Crippen molar-refractivity contribution >= 4 is 10.0 Å². The molecule has 2 N–H and O–H groups in total. The third-order valence-electron chi connectivity index (χ3n) is 2.31. The molecule has 0 saturated heterocycles. The molecule has 0 aliphatic carbocycles. The lowest BCUT2D eigenvalue weighted by atomic mass is 10.2. The predicted molar refractivity (Wildman–Crippen MR) is 62.6 cm³/mol. The molecule has 1 atom stereocenters. The molecular formula is C11H14N2O3S. The fourth-order valence-corrected chi connectivity index (χ4v) is 2.63. The van der Waals surface area contributed by atoms with Crippen LogP contribution in [0.5, 0.6) is 0 Å². The van der Waals surface area contributed by atoms with Crippen LogP contribution in [0.25, 0.3) is 0 Å². The van der Waals surface area contributed by atoms with Crippen LogP contribution in [0.15, 0.2) is 29.2 Å². The Morgan fingerprint density at radius 1 is 1.53 bits per heavy atom. The molecule has 1 aromatic carbocycles. The zero-order valence-corrected chi connectivity index (χ0v) is 10.2. The van der Waals surface area contributed by atoms with Gasteiger partial charge >= 0.3 is 0 Å². The van der Waals surface area contributed by atoms with E-state index in [0.29, 0.717) is 6.42 Å². The van der Waals surface area contributed by atoms with Gasteiger partial charge in [0.05, 0.1) is 23.1 Å². The minimum absolute atomic E-state index is 0.0310. The summed E-state index contributed by atoms with van der Waals surface area (Å²) in [7, 11) is -3.68. The number of nitrogens with one attached hydrogen (secondary N) is 1. The second kappa shape index (κ2) is 5.77. The van der Waals surface area contributed by atoms with E-state index in [-0.39, 0.29) is 17.1 Å². The van der Waals surface area contributed by atoms with Crippen molar-refractivity contribution < 1.29 is 13.5 Å². The minimum Gasteiger partial charge on any atom is -0.395 e. The molecular weight excluding hydrogens is 240 g/mol. The first kappa shape index (κ1) is 13.6. The van der Waals surface area contributed by atoms with Crippen molar-refractivity contribution in [2.24, 2.45) is 0 Å². The van der Waals surface area contributed by atoms with Crippen LogP contribution in [0.1, 0.15) is 18.9 Å². The molecule has 0 heterocycles. The molecule has 0 aliphatic heterocycles. The lowest BCUT2D eigenvalue weighted by Crippen LogP contribution is -2.36. The summed E-state index contributed by atoms with van der Waals surface area (Å²) < 4.78 is 26.2. The summed E-state index contributed by atoms with van der Waals surface area (Å²) in [5, 5.41) is 17.7. The van der Waals surface area contributed by atoms with Crippen LogP contribution in [0.2, 0.25) is 0 Å². The lowest BCUT2D eigenvalue weighted by molar-refractivity contribution is 0.254. The van der Waals surface area contributed by atoms with Gasteiger partial charge in [0, 0.05) is 6.04 Å². The second-order valence-corrected chi connectivity index (χ2v) is 5.26. The SMILES string of the molecule is CCC(CO)NS(=O)(=O)c1cccc(C#N)c1. The smallest absolute Gasteiger partial charge is 0.240 e. The molecule has 0 aliphatic rings. The maximum atomic E-state index is 11.9. The third-order valence-corrected chi connectivity index (χ3v) is 3.83. The Labute approximate surface area is 101 Å². The van der Waals surface area contributed by atoms with Gasteiger partial charge in [0.2, 0.25) is 10.0 Å². The number of hydrogen-bond donors (Lipinski definition) is 2. The number of hydrogen-bond acceptors (Lipinski definition) is 4. The number of benzene rings is 1. The zero-order valence-electron chi connectivity index (χ0n) is 9.42. The van der Waals surface area contributed by atoms with Gasteiger partial charge in [-0.2, -0.15) is 5.26 Å². The average Bonchev–Trinajstić information content (AvgIpc) is 2.36. The molecule has 0 amide bonds. The van der Waals surface area contributed by atoms with Gasteiger partial charge in [-0.25, -0.2) is 13.1 Å². The quantitative estimate of drug-likeness (QED) is 0.805. The number of nitrogens with zero attached hydrogens (tertiary/aromatic N) is 1. The highest BCUT2D eigenvalue weighted by Crippen LogP contribution is 2.11. The molecule has 17 heavy (non-hydrogen) atoms. The van der Waals surface area contributed by atoms with Crippen molar-refractivity contribution in [2.75, 3.05) is 6.61 Å². The molecule has 0 fully saturated rings. The largest absolute Gasteiger partial charge is 0.395 e. The Kier molecular flexibility index (Phi) is 4.63. The Morgan fingerprint density at radius 3 is 2.76 bits per heavy atom. The van der Waals surface area contributed by atoms with Gasteiger partial charge < -0.3 is 5.11 Å². The van der Waals surface area contributed by atoms with Gasteiger partial charge in [-0.05, 0) is 24.6 Å². The zero-order chi connectivity index (χ0) is 12.9. The maximum Gasteiger partial charge on any atom is 0.240 e. The van der Waals surface area contributed by atoms with Crippen molar-refractivity contribution in [1.82, 2.24) is 4.72 Å². The summed E-state index contributed by atoms with van der Waals surface area (Å²) in [6.07, 6.45) is 0.494. The monoisotopic (exact) mass is 254 g/mol. The molecule has 1 aromatic rings.